The summed E-state index contributed by atoms with van der Waals surface area (Å²) in [6, 6.07) is 5.99. The smallest absolute Gasteiger partial charge is 0.243 e. The van der Waals surface area contributed by atoms with Gasteiger partial charge in [0, 0.05) is 25.7 Å². The molecule has 0 bridgehead atoms. The van der Waals surface area contributed by atoms with Crippen molar-refractivity contribution in [2.75, 3.05) is 32.8 Å². The molecule has 0 saturated carbocycles. The third-order valence-corrected chi connectivity index (χ3v) is 8.18. The zero-order chi connectivity index (χ0) is 20.4. The lowest BCUT2D eigenvalue weighted by Gasteiger charge is -2.34. The zero-order valence-electron chi connectivity index (χ0n) is 17.5. The van der Waals surface area contributed by atoms with Gasteiger partial charge < -0.3 is 9.30 Å². The minimum atomic E-state index is -3.51. The number of aromatic nitrogens is 2. The number of morpholine rings is 1. The van der Waals surface area contributed by atoms with Crippen molar-refractivity contribution in [3.63, 3.8) is 0 Å². The van der Waals surface area contributed by atoms with Gasteiger partial charge in [-0.2, -0.15) is 4.31 Å². The van der Waals surface area contributed by atoms with Crippen LogP contribution in [0.4, 0.5) is 0 Å². The molecule has 0 radical (unpaired) electrons. The number of nitrogens with zero attached hydrogens (tertiary/aromatic N) is 4. The van der Waals surface area contributed by atoms with Crippen LogP contribution in [-0.4, -0.2) is 66.1 Å². The third-order valence-electron chi connectivity index (χ3n) is 6.29. The van der Waals surface area contributed by atoms with E-state index in [0.29, 0.717) is 37.2 Å². The van der Waals surface area contributed by atoms with Crippen LogP contribution in [0.15, 0.2) is 23.1 Å². The van der Waals surface area contributed by atoms with Gasteiger partial charge in [0.15, 0.2) is 0 Å². The highest BCUT2D eigenvalue weighted by atomic mass is 32.2. The Balaban J connectivity index is 1.65. The molecule has 0 spiro atoms. The number of hydrogen-bond acceptors (Lipinski definition) is 5. The van der Waals surface area contributed by atoms with Gasteiger partial charge in [0.05, 0.1) is 35.7 Å². The van der Waals surface area contributed by atoms with Crippen LogP contribution >= 0.6 is 0 Å². The lowest BCUT2D eigenvalue weighted by Crippen LogP contribution is -2.40. The third kappa shape index (κ3) is 4.08. The van der Waals surface area contributed by atoms with Crippen LogP contribution in [0.2, 0.25) is 0 Å². The molecule has 2 aliphatic rings. The fourth-order valence-corrected chi connectivity index (χ4v) is 6.07. The number of imidazole rings is 1. The molecular weight excluding hydrogens is 388 g/mol. The van der Waals surface area contributed by atoms with Gasteiger partial charge in [-0.1, -0.05) is 13.3 Å². The van der Waals surface area contributed by atoms with E-state index in [2.05, 4.69) is 23.3 Å². The topological polar surface area (TPSA) is 67.7 Å². The van der Waals surface area contributed by atoms with Gasteiger partial charge in [-0.25, -0.2) is 13.4 Å². The molecule has 2 fully saturated rings. The van der Waals surface area contributed by atoms with Gasteiger partial charge in [-0.3, -0.25) is 4.90 Å². The van der Waals surface area contributed by atoms with Crippen LogP contribution in [-0.2, 0) is 27.8 Å². The summed E-state index contributed by atoms with van der Waals surface area (Å²) in [6.45, 7) is 8.85. The molecule has 2 saturated heterocycles. The Morgan fingerprint density at radius 1 is 1.14 bits per heavy atom. The van der Waals surface area contributed by atoms with Crippen LogP contribution in [0, 0.1) is 0 Å². The molecule has 0 N–H and O–H groups in total. The maximum absolute atomic E-state index is 13.0. The highest BCUT2D eigenvalue weighted by Gasteiger charge is 2.28. The molecule has 160 valence electrons. The maximum atomic E-state index is 13.0. The first-order valence-electron chi connectivity index (χ1n) is 10.9. The van der Waals surface area contributed by atoms with E-state index < -0.39 is 10.0 Å². The van der Waals surface area contributed by atoms with E-state index in [1.165, 1.54) is 23.6 Å². The highest BCUT2D eigenvalue weighted by molar-refractivity contribution is 7.89. The predicted octanol–water partition coefficient (Wildman–Crippen LogP) is 2.84. The zero-order valence-corrected chi connectivity index (χ0v) is 18.3. The average Bonchev–Trinajstić information content (AvgIpc) is 3.10. The van der Waals surface area contributed by atoms with Crippen molar-refractivity contribution >= 4 is 21.1 Å². The predicted molar refractivity (Wildman–Crippen MR) is 113 cm³/mol. The first-order chi connectivity index (χ1) is 14.0. The maximum Gasteiger partial charge on any atom is 0.243 e. The largest absolute Gasteiger partial charge is 0.379 e. The fourth-order valence-electron chi connectivity index (χ4n) is 4.64. The first-order valence-corrected chi connectivity index (χ1v) is 12.3. The van der Waals surface area contributed by atoms with Gasteiger partial charge in [-0.05, 0) is 50.9 Å². The van der Waals surface area contributed by atoms with Crippen LogP contribution in [0.1, 0.15) is 45.4 Å². The summed E-state index contributed by atoms with van der Waals surface area (Å²) in [4.78, 5) is 7.75. The van der Waals surface area contributed by atoms with Crippen molar-refractivity contribution in [1.82, 2.24) is 18.8 Å². The standard InChI is InChI=1S/C21H32N4O3S/c1-3-17-7-5-6-10-23(17)16-21-22-19-15-18(8-9-20(19)25(21)4-2)29(26,27)24-11-13-28-14-12-24/h8-9,15,17H,3-7,10-14,16H2,1-2H3. The second-order valence-electron chi connectivity index (χ2n) is 7.97. The molecule has 1 atom stereocenters. The molecule has 7 nitrogen and oxygen atoms in total. The summed E-state index contributed by atoms with van der Waals surface area (Å²) in [7, 11) is -3.51. The average molecular weight is 421 g/mol. The number of benzene rings is 1. The van der Waals surface area contributed by atoms with E-state index in [-0.39, 0.29) is 0 Å². The van der Waals surface area contributed by atoms with Crippen LogP contribution < -0.4 is 0 Å². The van der Waals surface area contributed by atoms with Gasteiger partial charge in [0.2, 0.25) is 10.0 Å². The van der Waals surface area contributed by atoms with Crippen molar-refractivity contribution in [3.05, 3.63) is 24.0 Å². The van der Waals surface area contributed by atoms with E-state index in [4.69, 9.17) is 9.72 Å². The molecule has 2 aromatic rings. The van der Waals surface area contributed by atoms with Crippen molar-refractivity contribution < 1.29 is 13.2 Å². The van der Waals surface area contributed by atoms with E-state index in [1.54, 1.807) is 12.1 Å². The molecule has 3 heterocycles. The molecule has 2 aliphatic heterocycles. The van der Waals surface area contributed by atoms with E-state index in [9.17, 15) is 8.42 Å². The summed E-state index contributed by atoms with van der Waals surface area (Å²) < 4.78 is 35.1. The van der Waals surface area contributed by atoms with Crippen molar-refractivity contribution in [2.45, 2.75) is 63.6 Å². The van der Waals surface area contributed by atoms with Crippen molar-refractivity contribution in [3.8, 4) is 0 Å². The summed E-state index contributed by atoms with van der Waals surface area (Å²) in [5, 5.41) is 0. The monoisotopic (exact) mass is 420 g/mol. The quantitative estimate of drug-likeness (QED) is 0.719. The number of ether oxygens (including phenoxy) is 1. The second-order valence-corrected chi connectivity index (χ2v) is 9.91. The number of hydrogen-bond donors (Lipinski definition) is 0. The Kier molecular flexibility index (Phi) is 6.24. The van der Waals surface area contributed by atoms with Crippen LogP contribution in [0.25, 0.3) is 11.0 Å². The Morgan fingerprint density at radius 2 is 1.93 bits per heavy atom. The number of fused-ring (bicyclic) bond motifs is 1. The molecular formula is C21H32N4O3S. The molecule has 4 rings (SSSR count). The molecule has 1 unspecified atom stereocenters. The van der Waals surface area contributed by atoms with Gasteiger partial charge in [0.25, 0.3) is 0 Å². The molecule has 1 aromatic heterocycles. The lowest BCUT2D eigenvalue weighted by atomic mass is 10.0. The molecule has 8 heteroatoms. The summed E-state index contributed by atoms with van der Waals surface area (Å²) in [5.74, 6) is 1.03. The number of sulfonamides is 1. The van der Waals surface area contributed by atoms with Crippen LogP contribution in [0.3, 0.4) is 0 Å². The van der Waals surface area contributed by atoms with E-state index in [1.807, 2.05) is 6.07 Å². The number of rotatable bonds is 6. The minimum Gasteiger partial charge on any atom is -0.379 e. The fraction of sp³-hybridized carbons (Fsp3) is 0.667. The first kappa shape index (κ1) is 20.8. The Morgan fingerprint density at radius 3 is 2.66 bits per heavy atom. The van der Waals surface area contributed by atoms with E-state index in [0.717, 1.165) is 42.9 Å². The van der Waals surface area contributed by atoms with Crippen LogP contribution in [0.5, 0.6) is 0 Å². The Bertz CT molecular complexity index is 950. The molecule has 0 aliphatic carbocycles. The SMILES string of the molecule is CCC1CCCCN1Cc1nc2cc(S(=O)(=O)N3CCOCC3)ccc2n1CC. The highest BCUT2D eigenvalue weighted by Crippen LogP contribution is 2.26. The van der Waals surface area contributed by atoms with Gasteiger partial charge in [-0.15, -0.1) is 0 Å². The lowest BCUT2D eigenvalue weighted by molar-refractivity contribution is 0.0730. The Hall–Kier alpha value is -1.48. The van der Waals surface area contributed by atoms with E-state index >= 15 is 0 Å². The normalized spacial score (nSPS) is 22.3. The number of likely N-dealkylation sites (tertiary alicyclic amines) is 1. The summed E-state index contributed by atoms with van der Waals surface area (Å²) >= 11 is 0. The van der Waals surface area contributed by atoms with Crippen molar-refractivity contribution in [2.24, 2.45) is 0 Å². The molecule has 1 aromatic carbocycles. The van der Waals surface area contributed by atoms with Gasteiger partial charge in [0.1, 0.15) is 5.82 Å². The van der Waals surface area contributed by atoms with Crippen molar-refractivity contribution in [1.29, 1.82) is 0 Å². The molecule has 29 heavy (non-hydrogen) atoms. The molecule has 0 amide bonds. The Labute approximate surface area is 173 Å². The summed E-state index contributed by atoms with van der Waals surface area (Å²) in [5.41, 5.74) is 1.77. The summed E-state index contributed by atoms with van der Waals surface area (Å²) in [6.07, 6.45) is 4.96. The van der Waals surface area contributed by atoms with Gasteiger partial charge >= 0.3 is 0 Å². The second kappa shape index (κ2) is 8.71. The minimum absolute atomic E-state index is 0.323. The number of aryl methyl sites for hydroxylation is 1. The number of piperidine rings is 1.